The molecule has 0 bridgehead atoms. The zero-order valence-corrected chi connectivity index (χ0v) is 11.4. The van der Waals surface area contributed by atoms with Crippen LogP contribution in [0.4, 0.5) is 5.82 Å². The number of H-pyrrole nitrogens is 1. The number of pyridine rings is 1. The third kappa shape index (κ3) is 2.50. The lowest BCUT2D eigenvalue weighted by Gasteiger charge is -2.10. The number of benzene rings is 1. The van der Waals surface area contributed by atoms with Crippen LogP contribution in [-0.2, 0) is 0 Å². The lowest BCUT2D eigenvalue weighted by molar-refractivity contribution is 0.338. The summed E-state index contributed by atoms with van der Waals surface area (Å²) in [4.78, 5) is 14.2. The Balaban J connectivity index is 2.61. The largest absolute Gasteiger partial charge is 0.494 e. The summed E-state index contributed by atoms with van der Waals surface area (Å²) in [6, 6.07) is 9.02. The van der Waals surface area contributed by atoms with E-state index in [1.165, 1.54) is 0 Å². The van der Waals surface area contributed by atoms with E-state index in [1.807, 2.05) is 38.1 Å². The first-order valence-electron chi connectivity index (χ1n) is 6.23. The molecule has 0 aliphatic rings. The zero-order valence-electron chi connectivity index (χ0n) is 11.4. The van der Waals surface area contributed by atoms with E-state index in [9.17, 15) is 4.79 Å². The number of aryl methyl sites for hydroxylation is 1. The third-order valence-corrected chi connectivity index (χ3v) is 2.95. The van der Waals surface area contributed by atoms with Crippen molar-refractivity contribution in [3.05, 3.63) is 45.7 Å². The highest BCUT2D eigenvalue weighted by molar-refractivity contribution is 5.73. The Hall–Kier alpha value is -2.74. The molecule has 0 aliphatic carbocycles. The fraction of sp³-hybridized carbons (Fsp3) is 0.200. The van der Waals surface area contributed by atoms with Gasteiger partial charge in [0.1, 0.15) is 23.2 Å². The van der Waals surface area contributed by atoms with E-state index in [4.69, 9.17) is 15.7 Å². The quantitative estimate of drug-likeness (QED) is 0.893. The van der Waals surface area contributed by atoms with E-state index in [0.717, 1.165) is 16.9 Å². The van der Waals surface area contributed by atoms with E-state index in [0.29, 0.717) is 12.2 Å². The minimum Gasteiger partial charge on any atom is -0.494 e. The lowest BCUT2D eigenvalue weighted by atomic mass is 10.00. The Morgan fingerprint density at radius 1 is 1.40 bits per heavy atom. The number of ether oxygens (including phenoxy) is 1. The second kappa shape index (κ2) is 5.49. The van der Waals surface area contributed by atoms with Crippen LogP contribution in [0.25, 0.3) is 11.1 Å². The van der Waals surface area contributed by atoms with Crippen molar-refractivity contribution in [2.45, 2.75) is 13.8 Å². The average Bonchev–Trinajstić information content (AvgIpc) is 2.40. The van der Waals surface area contributed by atoms with Crippen LogP contribution in [0.5, 0.6) is 5.75 Å². The summed E-state index contributed by atoms with van der Waals surface area (Å²) in [5.74, 6) is 1.02. The minimum absolute atomic E-state index is 0.0581. The molecule has 3 N–H and O–H groups in total. The maximum atomic E-state index is 11.7. The molecule has 5 nitrogen and oxygen atoms in total. The van der Waals surface area contributed by atoms with Crippen molar-refractivity contribution < 1.29 is 4.74 Å². The molecular weight excluding hydrogens is 254 g/mol. The minimum atomic E-state index is -0.478. The van der Waals surface area contributed by atoms with Crippen molar-refractivity contribution in [3.8, 4) is 22.9 Å². The summed E-state index contributed by atoms with van der Waals surface area (Å²) in [7, 11) is 0. The lowest BCUT2D eigenvalue weighted by Crippen LogP contribution is -2.13. The Kier molecular flexibility index (Phi) is 3.76. The fourth-order valence-electron chi connectivity index (χ4n) is 2.05. The first-order valence-corrected chi connectivity index (χ1v) is 6.23. The average molecular weight is 269 g/mol. The van der Waals surface area contributed by atoms with Gasteiger partial charge in [0.25, 0.3) is 5.56 Å². The van der Waals surface area contributed by atoms with Crippen molar-refractivity contribution in [1.29, 1.82) is 5.26 Å². The monoisotopic (exact) mass is 269 g/mol. The van der Waals surface area contributed by atoms with Crippen LogP contribution in [-0.4, -0.2) is 11.6 Å². The first kappa shape index (κ1) is 13.7. The molecule has 1 aromatic heterocycles. The first-order chi connectivity index (χ1) is 9.56. The van der Waals surface area contributed by atoms with Crippen LogP contribution in [0.1, 0.15) is 18.1 Å². The molecule has 1 aromatic carbocycles. The smallest absolute Gasteiger partial charge is 0.268 e. The maximum Gasteiger partial charge on any atom is 0.268 e. The fourth-order valence-corrected chi connectivity index (χ4v) is 2.05. The summed E-state index contributed by atoms with van der Waals surface area (Å²) in [5, 5.41) is 9.12. The highest BCUT2D eigenvalue weighted by Crippen LogP contribution is 2.28. The number of aromatic amines is 1. The van der Waals surface area contributed by atoms with Crippen LogP contribution in [0.2, 0.25) is 0 Å². The number of rotatable bonds is 3. The Labute approximate surface area is 116 Å². The van der Waals surface area contributed by atoms with E-state index in [-0.39, 0.29) is 11.4 Å². The summed E-state index contributed by atoms with van der Waals surface area (Å²) in [5.41, 5.74) is 7.46. The molecule has 20 heavy (non-hydrogen) atoms. The van der Waals surface area contributed by atoms with Crippen LogP contribution < -0.4 is 16.0 Å². The predicted octanol–water partition coefficient (Wildman–Crippen LogP) is 2.20. The molecule has 0 atom stereocenters. The van der Waals surface area contributed by atoms with Crippen molar-refractivity contribution in [2.24, 2.45) is 0 Å². The van der Waals surface area contributed by atoms with Gasteiger partial charge in [-0.25, -0.2) is 0 Å². The van der Waals surface area contributed by atoms with Crippen LogP contribution >= 0.6 is 0 Å². The Morgan fingerprint density at radius 3 is 2.75 bits per heavy atom. The Bertz CT molecular complexity index is 742. The van der Waals surface area contributed by atoms with Crippen LogP contribution in [0, 0.1) is 18.3 Å². The number of aromatic nitrogens is 1. The molecule has 0 unspecified atom stereocenters. The number of nitrogen functional groups attached to an aromatic ring is 1. The van der Waals surface area contributed by atoms with E-state index < -0.39 is 5.56 Å². The van der Waals surface area contributed by atoms with E-state index >= 15 is 0 Å². The van der Waals surface area contributed by atoms with Gasteiger partial charge in [0, 0.05) is 5.56 Å². The number of nitrogens with one attached hydrogen (secondary N) is 1. The van der Waals surface area contributed by atoms with E-state index in [1.54, 1.807) is 6.07 Å². The molecule has 2 aromatic rings. The molecule has 102 valence electrons. The number of hydrogen-bond acceptors (Lipinski definition) is 4. The molecular formula is C15H15N3O2. The topological polar surface area (TPSA) is 91.9 Å². The Morgan fingerprint density at radius 2 is 2.15 bits per heavy atom. The summed E-state index contributed by atoms with van der Waals surface area (Å²) in [6.45, 7) is 4.41. The van der Waals surface area contributed by atoms with Crippen LogP contribution in [0.3, 0.4) is 0 Å². The summed E-state index contributed by atoms with van der Waals surface area (Å²) >= 11 is 0. The summed E-state index contributed by atoms with van der Waals surface area (Å²) in [6.07, 6.45) is 0. The highest BCUT2D eigenvalue weighted by Gasteiger charge is 2.11. The number of anilines is 1. The molecule has 0 radical (unpaired) electrons. The van der Waals surface area contributed by atoms with Crippen molar-refractivity contribution >= 4 is 5.82 Å². The molecule has 0 fully saturated rings. The predicted molar refractivity (Wildman–Crippen MR) is 77.5 cm³/mol. The zero-order chi connectivity index (χ0) is 14.7. The van der Waals surface area contributed by atoms with Crippen LogP contribution in [0.15, 0.2) is 29.1 Å². The number of nitrogens with zero attached hydrogens (tertiary/aromatic N) is 1. The van der Waals surface area contributed by atoms with Crippen molar-refractivity contribution in [2.75, 3.05) is 12.3 Å². The van der Waals surface area contributed by atoms with Gasteiger partial charge in [0.15, 0.2) is 0 Å². The van der Waals surface area contributed by atoms with Gasteiger partial charge in [-0.1, -0.05) is 6.07 Å². The van der Waals surface area contributed by atoms with E-state index in [2.05, 4.69) is 4.98 Å². The van der Waals surface area contributed by atoms with Gasteiger partial charge >= 0.3 is 0 Å². The van der Waals surface area contributed by atoms with Gasteiger partial charge in [-0.15, -0.1) is 0 Å². The van der Waals surface area contributed by atoms with Crippen molar-refractivity contribution in [3.63, 3.8) is 0 Å². The molecule has 0 saturated carbocycles. The second-order valence-electron chi connectivity index (χ2n) is 4.37. The molecule has 0 saturated heterocycles. The number of hydrogen-bond donors (Lipinski definition) is 2. The molecule has 2 rings (SSSR count). The van der Waals surface area contributed by atoms with Gasteiger partial charge in [-0.05, 0) is 43.2 Å². The van der Waals surface area contributed by atoms with Crippen molar-refractivity contribution in [1.82, 2.24) is 4.98 Å². The van der Waals surface area contributed by atoms with Gasteiger partial charge in [-0.3, -0.25) is 4.79 Å². The normalized spacial score (nSPS) is 10.1. The van der Waals surface area contributed by atoms with Gasteiger partial charge in [0.05, 0.1) is 6.61 Å². The van der Waals surface area contributed by atoms with Gasteiger partial charge < -0.3 is 15.5 Å². The number of nitrogens with two attached hydrogens (primary N) is 1. The second-order valence-corrected chi connectivity index (χ2v) is 4.37. The third-order valence-electron chi connectivity index (χ3n) is 2.95. The maximum absolute atomic E-state index is 11.7. The SMILES string of the molecule is CCOc1ccc(-c2cc(N)[nH]c(=O)c2C#N)cc1C. The summed E-state index contributed by atoms with van der Waals surface area (Å²) < 4.78 is 5.47. The number of nitriles is 1. The molecule has 0 spiro atoms. The van der Waals surface area contributed by atoms with Gasteiger partial charge in [0.2, 0.25) is 0 Å². The molecule has 1 heterocycles. The standard InChI is InChI=1S/C15H15N3O2/c1-3-20-13-5-4-10(6-9(13)2)11-7-14(17)18-15(19)12(11)8-16/h4-7H,3H2,1-2H3,(H3,17,18,19). The molecule has 0 amide bonds. The highest BCUT2D eigenvalue weighted by atomic mass is 16.5. The van der Waals surface area contributed by atoms with Gasteiger partial charge in [-0.2, -0.15) is 5.26 Å². The molecule has 5 heteroatoms. The molecule has 0 aliphatic heterocycles.